The maximum atomic E-state index is 12.6. The molecule has 6 rings (SSSR count). The third kappa shape index (κ3) is 3.57. The fraction of sp³-hybridized carbons (Fsp3) is 0.241. The first kappa shape index (κ1) is 21.0. The molecule has 2 aliphatic rings. The second-order valence-electron chi connectivity index (χ2n) is 9.33. The van der Waals surface area contributed by atoms with Gasteiger partial charge in [-0.25, -0.2) is 0 Å². The van der Waals surface area contributed by atoms with Crippen LogP contribution >= 0.6 is 0 Å². The Morgan fingerprint density at radius 1 is 0.853 bits per heavy atom. The van der Waals surface area contributed by atoms with Gasteiger partial charge < -0.3 is 14.9 Å². The summed E-state index contributed by atoms with van der Waals surface area (Å²) in [6.45, 7) is 2.78. The van der Waals surface area contributed by atoms with Gasteiger partial charge in [-0.1, -0.05) is 36.4 Å². The Balaban J connectivity index is 1.31. The molecule has 1 aliphatic carbocycles. The van der Waals surface area contributed by atoms with Gasteiger partial charge in [0.2, 0.25) is 0 Å². The number of hydrogen-bond donors (Lipinski definition) is 2. The second kappa shape index (κ2) is 8.33. The van der Waals surface area contributed by atoms with Crippen LogP contribution in [0.15, 0.2) is 72.8 Å². The Hall–Kier alpha value is -3.57. The number of phenolic OH excluding ortho intramolecular Hbond substituents is 2. The fourth-order valence-electron chi connectivity index (χ4n) is 5.43. The van der Waals surface area contributed by atoms with Crippen molar-refractivity contribution >= 4 is 10.8 Å². The van der Waals surface area contributed by atoms with Gasteiger partial charge in [0, 0.05) is 31.5 Å². The summed E-state index contributed by atoms with van der Waals surface area (Å²) in [5, 5.41) is 22.3. The summed E-state index contributed by atoms with van der Waals surface area (Å²) in [5.74, 6) is 1.47. The highest BCUT2D eigenvalue weighted by atomic mass is 19.1. The van der Waals surface area contributed by atoms with Crippen LogP contribution in [0.3, 0.4) is 0 Å². The zero-order chi connectivity index (χ0) is 23.2. The lowest BCUT2D eigenvalue weighted by Gasteiger charge is -2.37. The molecule has 0 aromatic heterocycles. The molecule has 34 heavy (non-hydrogen) atoms. The largest absolute Gasteiger partial charge is 0.508 e. The molecule has 0 bridgehead atoms. The van der Waals surface area contributed by atoms with E-state index in [1.165, 1.54) is 5.56 Å². The van der Waals surface area contributed by atoms with Gasteiger partial charge in [0.15, 0.2) is 0 Å². The molecular weight excluding hydrogens is 429 g/mol. The van der Waals surface area contributed by atoms with E-state index >= 15 is 0 Å². The molecule has 2 N–H and O–H groups in total. The van der Waals surface area contributed by atoms with E-state index in [9.17, 15) is 14.6 Å². The summed E-state index contributed by atoms with van der Waals surface area (Å²) < 4.78 is 18.5. The first-order valence-electron chi connectivity index (χ1n) is 11.7. The third-order valence-electron chi connectivity index (χ3n) is 7.11. The number of phenols is 2. The summed E-state index contributed by atoms with van der Waals surface area (Å²) in [6, 6.07) is 23.4. The number of ether oxygens (including phenoxy) is 1. The second-order valence-corrected chi connectivity index (χ2v) is 9.33. The lowest BCUT2D eigenvalue weighted by atomic mass is 9.86. The van der Waals surface area contributed by atoms with Gasteiger partial charge in [-0.3, -0.25) is 9.29 Å². The number of benzene rings is 4. The third-order valence-corrected chi connectivity index (χ3v) is 7.11. The first-order valence-corrected chi connectivity index (χ1v) is 11.7. The quantitative estimate of drug-likeness (QED) is 0.345. The van der Waals surface area contributed by atoms with Gasteiger partial charge >= 0.3 is 0 Å². The van der Waals surface area contributed by atoms with Crippen molar-refractivity contribution in [1.29, 1.82) is 0 Å². The number of rotatable bonds is 6. The lowest BCUT2D eigenvalue weighted by molar-refractivity contribution is 0.0668. The van der Waals surface area contributed by atoms with Crippen LogP contribution in [0.5, 0.6) is 17.2 Å². The number of halogens is 1. The van der Waals surface area contributed by atoms with Crippen LogP contribution < -0.4 is 4.74 Å². The van der Waals surface area contributed by atoms with Crippen LogP contribution in [0, 0.1) is 5.92 Å². The molecule has 172 valence electrons. The fourth-order valence-corrected chi connectivity index (χ4v) is 5.43. The number of alkyl halides is 1. The Morgan fingerprint density at radius 2 is 1.59 bits per heavy atom. The SMILES string of the molecule is Oc1ccc2c(c1)C(c1ccc(OCCN3CC(CF)C3)cc1)c1c-2ccc2cc(O)ccc12. The van der Waals surface area contributed by atoms with Crippen molar-refractivity contribution in [2.24, 2.45) is 5.92 Å². The zero-order valence-electron chi connectivity index (χ0n) is 18.7. The minimum atomic E-state index is -0.236. The Bertz CT molecular complexity index is 1360. The molecule has 0 saturated carbocycles. The van der Waals surface area contributed by atoms with E-state index in [1.54, 1.807) is 18.2 Å². The van der Waals surface area contributed by atoms with Crippen molar-refractivity contribution in [3.63, 3.8) is 0 Å². The number of nitrogens with zero attached hydrogens (tertiary/aromatic N) is 1. The van der Waals surface area contributed by atoms with E-state index in [-0.39, 0.29) is 30.0 Å². The molecular formula is C29H26FNO3. The van der Waals surface area contributed by atoms with Crippen molar-refractivity contribution < 1.29 is 19.3 Å². The number of likely N-dealkylation sites (tertiary alicyclic amines) is 1. The smallest absolute Gasteiger partial charge is 0.119 e. The molecule has 1 heterocycles. The number of fused-ring (bicyclic) bond motifs is 5. The summed E-state index contributed by atoms with van der Waals surface area (Å²) in [4.78, 5) is 2.21. The van der Waals surface area contributed by atoms with Crippen LogP contribution in [0.25, 0.3) is 21.9 Å². The Kier molecular flexibility index (Phi) is 5.15. The van der Waals surface area contributed by atoms with Crippen molar-refractivity contribution in [1.82, 2.24) is 4.90 Å². The number of hydrogen-bond acceptors (Lipinski definition) is 4. The Morgan fingerprint density at radius 3 is 2.38 bits per heavy atom. The average Bonchev–Trinajstić information content (AvgIpc) is 3.14. The lowest BCUT2D eigenvalue weighted by Crippen LogP contribution is -2.49. The standard InChI is InChI=1S/C29H26FNO3/c30-15-18-16-31(17-18)11-12-34-23-6-1-19(2-7-23)28-27-14-22(33)5-10-25(27)26-8-3-20-13-21(32)4-9-24(20)29(26)28/h1-10,13-14,18,28,32-33H,11-12,15-17H2. The summed E-state index contributed by atoms with van der Waals surface area (Å²) in [5.41, 5.74) is 5.65. The molecule has 1 unspecified atom stereocenters. The van der Waals surface area contributed by atoms with E-state index in [4.69, 9.17) is 4.74 Å². The molecule has 5 heteroatoms. The minimum Gasteiger partial charge on any atom is -0.508 e. The molecule has 0 amide bonds. The van der Waals surface area contributed by atoms with Crippen LogP contribution in [0.1, 0.15) is 22.6 Å². The molecule has 4 aromatic rings. The minimum absolute atomic E-state index is 0.0295. The van der Waals surface area contributed by atoms with Gasteiger partial charge in [0.25, 0.3) is 0 Å². The van der Waals surface area contributed by atoms with Gasteiger partial charge in [-0.05, 0) is 75.0 Å². The topological polar surface area (TPSA) is 52.9 Å². The molecule has 4 nitrogen and oxygen atoms in total. The Labute approximate surface area is 197 Å². The highest BCUT2D eigenvalue weighted by Crippen LogP contribution is 2.51. The molecule has 4 aromatic carbocycles. The van der Waals surface area contributed by atoms with E-state index in [2.05, 4.69) is 23.1 Å². The average molecular weight is 456 g/mol. The summed E-state index contributed by atoms with van der Waals surface area (Å²) in [6.07, 6.45) is 0. The maximum Gasteiger partial charge on any atom is 0.119 e. The van der Waals surface area contributed by atoms with Crippen molar-refractivity contribution in [2.45, 2.75) is 5.92 Å². The van der Waals surface area contributed by atoms with Gasteiger partial charge in [0.05, 0.1) is 6.67 Å². The van der Waals surface area contributed by atoms with Crippen LogP contribution in [-0.2, 0) is 0 Å². The highest BCUT2D eigenvalue weighted by Gasteiger charge is 2.32. The summed E-state index contributed by atoms with van der Waals surface area (Å²) >= 11 is 0. The zero-order valence-corrected chi connectivity index (χ0v) is 18.7. The van der Waals surface area contributed by atoms with Gasteiger partial charge in [-0.15, -0.1) is 0 Å². The predicted octanol–water partition coefficient (Wildman–Crippen LogP) is 5.69. The van der Waals surface area contributed by atoms with Gasteiger partial charge in [0.1, 0.15) is 23.9 Å². The van der Waals surface area contributed by atoms with E-state index < -0.39 is 0 Å². The normalized spacial score (nSPS) is 17.4. The predicted molar refractivity (Wildman–Crippen MR) is 132 cm³/mol. The molecule has 1 atom stereocenters. The monoisotopic (exact) mass is 455 g/mol. The number of aromatic hydroxyl groups is 2. The van der Waals surface area contributed by atoms with Crippen molar-refractivity contribution in [3.05, 3.63) is 89.5 Å². The first-order chi connectivity index (χ1) is 16.6. The van der Waals surface area contributed by atoms with E-state index in [1.807, 2.05) is 36.4 Å². The molecule has 0 radical (unpaired) electrons. The highest BCUT2D eigenvalue weighted by molar-refractivity contribution is 5.97. The van der Waals surface area contributed by atoms with Crippen molar-refractivity contribution in [3.8, 4) is 28.4 Å². The molecule has 1 saturated heterocycles. The van der Waals surface area contributed by atoms with Gasteiger partial charge in [-0.2, -0.15) is 0 Å². The molecule has 1 fully saturated rings. The maximum absolute atomic E-state index is 12.6. The van der Waals surface area contributed by atoms with Crippen LogP contribution in [0.4, 0.5) is 4.39 Å². The van der Waals surface area contributed by atoms with Crippen LogP contribution in [0.2, 0.25) is 0 Å². The van der Waals surface area contributed by atoms with E-state index in [0.29, 0.717) is 6.61 Å². The van der Waals surface area contributed by atoms with E-state index in [0.717, 1.165) is 58.4 Å². The molecule has 1 aliphatic heterocycles. The molecule has 0 spiro atoms. The van der Waals surface area contributed by atoms with Crippen molar-refractivity contribution in [2.75, 3.05) is 32.9 Å². The van der Waals surface area contributed by atoms with Crippen LogP contribution in [-0.4, -0.2) is 48.0 Å². The summed E-state index contributed by atoms with van der Waals surface area (Å²) in [7, 11) is 0.